The molecule has 0 unspecified atom stereocenters. The summed E-state index contributed by atoms with van der Waals surface area (Å²) in [6.45, 7) is 1.95. The van der Waals surface area contributed by atoms with Crippen molar-refractivity contribution in [3.05, 3.63) is 40.1 Å². The minimum atomic E-state index is -0.426. The van der Waals surface area contributed by atoms with Crippen LogP contribution in [0.1, 0.15) is 5.56 Å². The van der Waals surface area contributed by atoms with Gasteiger partial charge in [0.05, 0.1) is 11.6 Å². The van der Waals surface area contributed by atoms with Gasteiger partial charge in [-0.1, -0.05) is 29.3 Å². The molecule has 0 bridgehead atoms. The van der Waals surface area contributed by atoms with E-state index in [2.05, 4.69) is 5.32 Å². The highest BCUT2D eigenvalue weighted by Gasteiger charge is 2.05. The zero-order valence-corrected chi connectivity index (χ0v) is 12.1. The molecule has 0 spiro atoms. The fraction of sp³-hybridized carbons (Fsp3) is 0.385. The predicted molar refractivity (Wildman–Crippen MR) is 75.3 cm³/mol. The third-order valence-corrected chi connectivity index (χ3v) is 2.89. The van der Waals surface area contributed by atoms with Crippen LogP contribution in [-0.2, 0) is 11.3 Å². The van der Waals surface area contributed by atoms with Crippen LogP contribution in [0.4, 0.5) is 4.39 Å². The molecule has 0 radical (unpaired) electrons. The Morgan fingerprint density at radius 3 is 2.89 bits per heavy atom. The Hall–Kier alpha value is -0.810. The normalized spacial score (nSPS) is 11.7. The van der Waals surface area contributed by atoms with E-state index in [9.17, 15) is 4.39 Å². The zero-order valence-electron chi connectivity index (χ0n) is 10.6. The van der Waals surface area contributed by atoms with Crippen molar-refractivity contribution in [2.24, 2.45) is 0 Å². The number of hydrogen-bond acceptors (Lipinski definition) is 3. The van der Waals surface area contributed by atoms with Crippen LogP contribution in [-0.4, -0.2) is 26.9 Å². The van der Waals surface area contributed by atoms with Crippen LogP contribution >= 0.6 is 23.2 Å². The molecule has 0 saturated heterocycles. The third-order valence-electron chi connectivity index (χ3n) is 2.29. The number of nitrogens with one attached hydrogen (secondary N) is 1. The van der Waals surface area contributed by atoms with Crippen LogP contribution in [0, 0.1) is 5.82 Å². The number of ether oxygens (including phenoxy) is 2. The van der Waals surface area contributed by atoms with Gasteiger partial charge in [-0.2, -0.15) is 0 Å². The van der Waals surface area contributed by atoms with Crippen molar-refractivity contribution in [3.63, 3.8) is 0 Å². The highest BCUT2D eigenvalue weighted by atomic mass is 35.5. The smallest absolute Gasteiger partial charge is 0.165 e. The predicted octanol–water partition coefficient (Wildman–Crippen LogP) is 3.26. The molecule has 0 aliphatic carbocycles. The lowest BCUT2D eigenvalue weighted by Crippen LogP contribution is -2.18. The highest BCUT2D eigenvalue weighted by molar-refractivity contribution is 6.36. The Balaban J connectivity index is 2.49. The first-order valence-electron chi connectivity index (χ1n) is 5.73. The number of methoxy groups -OCH3 is 1. The van der Waals surface area contributed by atoms with Crippen LogP contribution in [0.2, 0.25) is 0 Å². The molecule has 6 heteroatoms. The van der Waals surface area contributed by atoms with Crippen molar-refractivity contribution in [2.75, 3.05) is 26.9 Å². The molecule has 0 heterocycles. The first-order valence-corrected chi connectivity index (χ1v) is 6.54. The summed E-state index contributed by atoms with van der Waals surface area (Å²) < 4.78 is 23.8. The van der Waals surface area contributed by atoms with Crippen molar-refractivity contribution >= 4 is 23.2 Å². The lowest BCUT2D eigenvalue weighted by atomic mass is 10.2. The van der Waals surface area contributed by atoms with Crippen molar-refractivity contribution in [3.8, 4) is 5.75 Å². The number of halogens is 3. The van der Waals surface area contributed by atoms with Gasteiger partial charge in [0.15, 0.2) is 11.6 Å². The maximum absolute atomic E-state index is 13.7. The van der Waals surface area contributed by atoms with E-state index in [0.29, 0.717) is 24.7 Å². The van der Waals surface area contributed by atoms with Gasteiger partial charge in [-0.15, -0.1) is 0 Å². The monoisotopic (exact) mass is 307 g/mol. The lowest BCUT2D eigenvalue weighted by molar-refractivity contribution is 0.199. The molecule has 1 aromatic carbocycles. The Morgan fingerprint density at radius 1 is 1.47 bits per heavy atom. The van der Waals surface area contributed by atoms with E-state index in [1.54, 1.807) is 19.2 Å². The van der Waals surface area contributed by atoms with Gasteiger partial charge in [-0.05, 0) is 17.7 Å². The van der Waals surface area contributed by atoms with Gasteiger partial charge in [0.2, 0.25) is 0 Å². The number of rotatable bonds is 8. The maximum atomic E-state index is 13.7. The molecule has 3 nitrogen and oxygen atoms in total. The van der Waals surface area contributed by atoms with Gasteiger partial charge >= 0.3 is 0 Å². The summed E-state index contributed by atoms with van der Waals surface area (Å²) >= 11 is 11.0. The zero-order chi connectivity index (χ0) is 14.1. The Morgan fingerprint density at radius 2 is 2.26 bits per heavy atom. The third kappa shape index (κ3) is 6.25. The van der Waals surface area contributed by atoms with Crippen molar-refractivity contribution in [2.45, 2.75) is 6.54 Å². The molecule has 1 N–H and O–H groups in total. The van der Waals surface area contributed by atoms with E-state index in [-0.39, 0.29) is 12.4 Å². The molecule has 0 fully saturated rings. The first kappa shape index (κ1) is 16.2. The molecular weight excluding hydrogens is 292 g/mol. The quantitative estimate of drug-likeness (QED) is 0.748. The number of benzene rings is 1. The van der Waals surface area contributed by atoms with E-state index in [4.69, 9.17) is 32.7 Å². The average molecular weight is 308 g/mol. The molecule has 19 heavy (non-hydrogen) atoms. The second kappa shape index (κ2) is 9.15. The van der Waals surface area contributed by atoms with E-state index in [0.717, 1.165) is 5.56 Å². The van der Waals surface area contributed by atoms with Gasteiger partial charge in [-0.3, -0.25) is 0 Å². The summed E-state index contributed by atoms with van der Waals surface area (Å²) in [5.74, 6) is -0.276. The topological polar surface area (TPSA) is 30.5 Å². The fourth-order valence-corrected chi connectivity index (χ4v) is 1.47. The van der Waals surface area contributed by atoms with Crippen LogP contribution in [0.5, 0.6) is 5.75 Å². The van der Waals surface area contributed by atoms with Crippen molar-refractivity contribution in [1.29, 1.82) is 0 Å². The van der Waals surface area contributed by atoms with E-state index in [1.807, 2.05) is 0 Å². The van der Waals surface area contributed by atoms with Gasteiger partial charge in [0, 0.05) is 25.7 Å². The largest absolute Gasteiger partial charge is 0.485 e. The molecule has 0 aliphatic heterocycles. The molecule has 0 saturated carbocycles. The Bertz CT molecular complexity index is 427. The summed E-state index contributed by atoms with van der Waals surface area (Å²) in [4.78, 5) is 0. The van der Waals surface area contributed by atoms with E-state index < -0.39 is 5.82 Å². The highest BCUT2D eigenvalue weighted by Crippen LogP contribution is 2.19. The van der Waals surface area contributed by atoms with Crippen LogP contribution < -0.4 is 10.1 Å². The molecule has 1 rings (SSSR count). The van der Waals surface area contributed by atoms with Crippen LogP contribution in [0.15, 0.2) is 28.8 Å². The second-order valence-corrected chi connectivity index (χ2v) is 4.48. The standard InChI is InChI=1S/C13H16Cl2FNO2/c1-18-5-4-17-8-10-2-3-13(12(16)6-10)19-9-11(15)7-14/h2-3,6-7,17H,4-5,8-9H2,1H3/b11-7-. The minimum Gasteiger partial charge on any atom is -0.485 e. The summed E-state index contributed by atoms with van der Waals surface area (Å²) in [6, 6.07) is 4.78. The summed E-state index contributed by atoms with van der Waals surface area (Å²) in [6.07, 6.45) is 0. The number of hydrogen-bond donors (Lipinski definition) is 1. The summed E-state index contributed by atoms with van der Waals surface area (Å²) in [5, 5.41) is 3.44. The first-order chi connectivity index (χ1) is 9.17. The van der Waals surface area contributed by atoms with Gasteiger partial charge < -0.3 is 14.8 Å². The SMILES string of the molecule is COCCNCc1ccc(OC/C(Cl)=C/Cl)c(F)c1. The maximum Gasteiger partial charge on any atom is 0.165 e. The van der Waals surface area contributed by atoms with Crippen molar-refractivity contribution < 1.29 is 13.9 Å². The van der Waals surface area contributed by atoms with E-state index >= 15 is 0 Å². The lowest BCUT2D eigenvalue weighted by Gasteiger charge is -2.09. The summed E-state index contributed by atoms with van der Waals surface area (Å²) in [7, 11) is 1.63. The van der Waals surface area contributed by atoms with Gasteiger partial charge in [0.1, 0.15) is 6.61 Å². The molecule has 0 aliphatic rings. The molecule has 0 amide bonds. The second-order valence-electron chi connectivity index (χ2n) is 3.78. The molecule has 0 atom stereocenters. The Labute approximate surface area is 122 Å². The Kier molecular flexibility index (Phi) is 7.82. The molecule has 0 aromatic heterocycles. The van der Waals surface area contributed by atoms with E-state index in [1.165, 1.54) is 11.6 Å². The molecule has 1 aromatic rings. The van der Waals surface area contributed by atoms with Crippen LogP contribution in [0.3, 0.4) is 0 Å². The molecular formula is C13H16Cl2FNO2. The fourth-order valence-electron chi connectivity index (χ4n) is 1.36. The summed E-state index contributed by atoms with van der Waals surface area (Å²) in [5.41, 5.74) is 2.02. The van der Waals surface area contributed by atoms with Crippen molar-refractivity contribution in [1.82, 2.24) is 5.32 Å². The molecule has 106 valence electrons. The minimum absolute atomic E-state index is 0.0490. The van der Waals surface area contributed by atoms with Crippen LogP contribution in [0.25, 0.3) is 0 Å². The average Bonchev–Trinajstić information content (AvgIpc) is 2.42. The van der Waals surface area contributed by atoms with Gasteiger partial charge in [-0.25, -0.2) is 4.39 Å². The van der Waals surface area contributed by atoms with Gasteiger partial charge in [0.25, 0.3) is 0 Å².